The monoisotopic (exact) mass is 376 g/mol. The Morgan fingerprint density at radius 3 is 2.88 bits per heavy atom. The largest absolute Gasteiger partial charge is 0.469 e. The number of fused-ring (bicyclic) bond motifs is 1. The zero-order valence-electron chi connectivity index (χ0n) is 15.2. The smallest absolute Gasteiger partial charge is 0.308 e. The average molecular weight is 377 g/mol. The van der Waals surface area contributed by atoms with Gasteiger partial charge in [0.05, 0.1) is 13.0 Å². The van der Waals surface area contributed by atoms with Gasteiger partial charge < -0.3 is 19.9 Å². The lowest BCUT2D eigenvalue weighted by Crippen LogP contribution is -2.47. The molecule has 0 amide bonds. The van der Waals surface area contributed by atoms with Crippen LogP contribution in [0.4, 0.5) is 0 Å². The Morgan fingerprint density at radius 1 is 1.42 bits per heavy atom. The summed E-state index contributed by atoms with van der Waals surface area (Å²) in [6.45, 7) is 2.40. The summed E-state index contributed by atoms with van der Waals surface area (Å²) >= 11 is 6.11. The second-order valence-corrected chi connectivity index (χ2v) is 6.95. The molecule has 0 aliphatic carbocycles. The summed E-state index contributed by atoms with van der Waals surface area (Å²) in [6.07, 6.45) is 4.51. The van der Waals surface area contributed by atoms with Crippen LogP contribution in [0.1, 0.15) is 18.4 Å². The second kappa shape index (κ2) is 8.45. The number of methoxy groups -OCH3 is 1. The maximum atomic E-state index is 11.6. The van der Waals surface area contributed by atoms with Crippen LogP contribution in [0.15, 0.2) is 29.4 Å². The van der Waals surface area contributed by atoms with Crippen molar-refractivity contribution in [2.75, 3.05) is 33.8 Å². The lowest BCUT2D eigenvalue weighted by molar-refractivity contribution is -0.146. The molecule has 1 aliphatic heterocycles. The van der Waals surface area contributed by atoms with Gasteiger partial charge >= 0.3 is 5.97 Å². The standard InChI is InChI=1S/C19H25ClN4O2/c1-21-19(24-9-6-13(7-10-24)18(25)26-2)22-8-5-14-12-23-17-4-3-15(20)11-16(14)17/h3-4,11-13,23H,5-10H2,1-2H3,(H,21,22). The van der Waals surface area contributed by atoms with Crippen molar-refractivity contribution in [2.24, 2.45) is 10.9 Å². The van der Waals surface area contributed by atoms with Crippen LogP contribution in [0, 0.1) is 5.92 Å². The molecule has 2 aromatic rings. The Bertz CT molecular complexity index is 794. The van der Waals surface area contributed by atoms with E-state index in [-0.39, 0.29) is 11.9 Å². The van der Waals surface area contributed by atoms with Crippen LogP contribution in [0.25, 0.3) is 10.9 Å². The van der Waals surface area contributed by atoms with Gasteiger partial charge in [-0.1, -0.05) is 11.6 Å². The number of hydrogen-bond donors (Lipinski definition) is 2. The number of piperidine rings is 1. The van der Waals surface area contributed by atoms with E-state index in [1.165, 1.54) is 12.7 Å². The fourth-order valence-electron chi connectivity index (χ4n) is 3.49. The van der Waals surface area contributed by atoms with Crippen molar-refractivity contribution in [3.8, 4) is 0 Å². The number of H-pyrrole nitrogens is 1. The van der Waals surface area contributed by atoms with Crippen molar-refractivity contribution in [1.29, 1.82) is 0 Å². The van der Waals surface area contributed by atoms with Crippen LogP contribution in [0.2, 0.25) is 5.02 Å². The number of benzene rings is 1. The van der Waals surface area contributed by atoms with Gasteiger partial charge in [0.15, 0.2) is 5.96 Å². The van der Waals surface area contributed by atoms with Crippen molar-refractivity contribution in [1.82, 2.24) is 15.2 Å². The molecule has 26 heavy (non-hydrogen) atoms. The summed E-state index contributed by atoms with van der Waals surface area (Å²) in [5.74, 6) is 0.780. The van der Waals surface area contributed by atoms with Crippen LogP contribution in [-0.2, 0) is 16.0 Å². The molecule has 7 heteroatoms. The van der Waals surface area contributed by atoms with Gasteiger partial charge in [-0.25, -0.2) is 0 Å². The summed E-state index contributed by atoms with van der Waals surface area (Å²) in [6, 6.07) is 5.89. The minimum absolute atomic E-state index is 0.00493. The molecule has 140 valence electrons. The van der Waals surface area contributed by atoms with E-state index in [0.29, 0.717) is 0 Å². The van der Waals surface area contributed by atoms with Crippen molar-refractivity contribution in [2.45, 2.75) is 19.3 Å². The molecule has 0 saturated carbocycles. The molecular formula is C19H25ClN4O2. The number of rotatable bonds is 4. The Balaban J connectivity index is 1.53. The topological polar surface area (TPSA) is 69.7 Å². The lowest BCUT2D eigenvalue weighted by Gasteiger charge is -2.33. The van der Waals surface area contributed by atoms with Gasteiger partial charge in [0.2, 0.25) is 0 Å². The van der Waals surface area contributed by atoms with Crippen LogP contribution in [-0.4, -0.2) is 55.6 Å². The minimum atomic E-state index is -0.106. The molecule has 1 aliphatic rings. The van der Waals surface area contributed by atoms with Crippen LogP contribution >= 0.6 is 11.6 Å². The van der Waals surface area contributed by atoms with Gasteiger partial charge in [0, 0.05) is 48.8 Å². The molecule has 0 spiro atoms. The summed E-state index contributed by atoms with van der Waals surface area (Å²) in [7, 11) is 3.24. The van der Waals surface area contributed by atoms with Crippen molar-refractivity contribution >= 4 is 34.4 Å². The fourth-order valence-corrected chi connectivity index (χ4v) is 3.66. The van der Waals surface area contributed by atoms with Gasteiger partial charge in [-0.15, -0.1) is 0 Å². The lowest BCUT2D eigenvalue weighted by atomic mass is 9.97. The number of esters is 1. The van der Waals surface area contributed by atoms with Crippen molar-refractivity contribution < 1.29 is 9.53 Å². The third-order valence-electron chi connectivity index (χ3n) is 4.95. The number of aromatic amines is 1. The number of aliphatic imine (C=N–C) groups is 1. The van der Waals surface area contributed by atoms with Crippen LogP contribution < -0.4 is 5.32 Å². The van der Waals surface area contributed by atoms with Crippen LogP contribution in [0.5, 0.6) is 0 Å². The van der Waals surface area contributed by atoms with Gasteiger partial charge in [0.25, 0.3) is 0 Å². The predicted molar refractivity (Wildman–Crippen MR) is 105 cm³/mol. The maximum Gasteiger partial charge on any atom is 0.308 e. The molecule has 0 atom stereocenters. The highest BCUT2D eigenvalue weighted by atomic mass is 35.5. The van der Waals surface area contributed by atoms with E-state index in [4.69, 9.17) is 16.3 Å². The van der Waals surface area contributed by atoms with E-state index in [2.05, 4.69) is 20.2 Å². The Labute approximate surface area is 158 Å². The summed E-state index contributed by atoms with van der Waals surface area (Å²) in [5.41, 5.74) is 2.33. The number of guanidine groups is 1. The Hall–Kier alpha value is -2.21. The number of likely N-dealkylation sites (tertiary alicyclic amines) is 1. The summed E-state index contributed by atoms with van der Waals surface area (Å²) in [5, 5.41) is 5.33. The molecule has 3 rings (SSSR count). The first-order valence-corrected chi connectivity index (χ1v) is 9.29. The molecule has 1 saturated heterocycles. The summed E-state index contributed by atoms with van der Waals surface area (Å²) in [4.78, 5) is 21.5. The number of nitrogens with one attached hydrogen (secondary N) is 2. The normalized spacial score (nSPS) is 16.1. The van der Waals surface area contributed by atoms with Gasteiger partial charge in [-0.3, -0.25) is 9.79 Å². The van der Waals surface area contributed by atoms with Crippen molar-refractivity contribution in [3.05, 3.63) is 35.0 Å². The number of carbonyl (C=O) groups is 1. The highest BCUT2D eigenvalue weighted by molar-refractivity contribution is 6.31. The van der Waals surface area contributed by atoms with E-state index < -0.39 is 0 Å². The first kappa shape index (κ1) is 18.6. The molecular weight excluding hydrogens is 352 g/mol. The zero-order valence-corrected chi connectivity index (χ0v) is 16.0. The molecule has 0 radical (unpaired) electrons. The van der Waals surface area contributed by atoms with E-state index in [1.807, 2.05) is 24.4 Å². The fraction of sp³-hybridized carbons (Fsp3) is 0.474. The van der Waals surface area contributed by atoms with Crippen molar-refractivity contribution in [3.63, 3.8) is 0 Å². The minimum Gasteiger partial charge on any atom is -0.469 e. The molecule has 0 unspecified atom stereocenters. The number of hydrogen-bond acceptors (Lipinski definition) is 3. The third kappa shape index (κ3) is 4.12. The number of carbonyl (C=O) groups excluding carboxylic acids is 1. The SMILES string of the molecule is CN=C(NCCc1c[nH]c2ccc(Cl)cc12)N1CCC(C(=O)OC)CC1. The first-order valence-electron chi connectivity index (χ1n) is 8.91. The molecule has 1 fully saturated rings. The predicted octanol–water partition coefficient (Wildman–Crippen LogP) is 2.82. The molecule has 0 bridgehead atoms. The zero-order chi connectivity index (χ0) is 18.5. The average Bonchev–Trinajstić information content (AvgIpc) is 3.07. The van der Waals surface area contributed by atoms with Gasteiger partial charge in [-0.2, -0.15) is 0 Å². The van der Waals surface area contributed by atoms with Gasteiger partial charge in [-0.05, 0) is 43.0 Å². The second-order valence-electron chi connectivity index (χ2n) is 6.51. The van der Waals surface area contributed by atoms with E-state index >= 15 is 0 Å². The highest BCUT2D eigenvalue weighted by Crippen LogP contribution is 2.22. The van der Waals surface area contributed by atoms with Gasteiger partial charge in [0.1, 0.15) is 0 Å². The van der Waals surface area contributed by atoms with E-state index in [0.717, 1.165) is 60.8 Å². The number of ether oxygens (including phenoxy) is 1. The maximum absolute atomic E-state index is 11.6. The quantitative estimate of drug-likeness (QED) is 0.489. The molecule has 2 N–H and O–H groups in total. The molecule has 2 heterocycles. The molecule has 6 nitrogen and oxygen atoms in total. The molecule has 1 aromatic heterocycles. The number of nitrogens with zero attached hydrogens (tertiary/aromatic N) is 2. The number of aromatic nitrogens is 1. The third-order valence-corrected chi connectivity index (χ3v) is 5.18. The Kier molecular flexibility index (Phi) is 6.04. The first-order chi connectivity index (χ1) is 12.6. The number of halogens is 1. The highest BCUT2D eigenvalue weighted by Gasteiger charge is 2.26. The summed E-state index contributed by atoms with van der Waals surface area (Å²) < 4.78 is 4.85. The molecule has 1 aromatic carbocycles. The van der Waals surface area contributed by atoms with E-state index in [9.17, 15) is 4.79 Å². The van der Waals surface area contributed by atoms with E-state index in [1.54, 1.807) is 7.05 Å². The van der Waals surface area contributed by atoms with Crippen LogP contribution in [0.3, 0.4) is 0 Å². The Morgan fingerprint density at radius 2 is 2.19 bits per heavy atom.